The van der Waals surface area contributed by atoms with E-state index in [0.717, 1.165) is 24.4 Å². The predicted molar refractivity (Wildman–Crippen MR) is 99.0 cm³/mol. The second-order valence-corrected chi connectivity index (χ2v) is 6.43. The fourth-order valence-electron chi connectivity index (χ4n) is 3.29. The van der Waals surface area contributed by atoms with Crippen LogP contribution in [0.2, 0.25) is 0 Å². The predicted octanol–water partition coefficient (Wildman–Crippen LogP) is 3.96. The fraction of sp³-hybridized carbons (Fsp3) is 0.250. The molecule has 0 fully saturated rings. The second-order valence-electron chi connectivity index (χ2n) is 6.43. The van der Waals surface area contributed by atoms with Crippen molar-refractivity contribution in [2.75, 3.05) is 0 Å². The van der Waals surface area contributed by atoms with Gasteiger partial charge in [-0.05, 0) is 49.2 Å². The highest BCUT2D eigenvalue weighted by Gasteiger charge is 2.07. The first-order valence-electron chi connectivity index (χ1n) is 8.32. The van der Waals surface area contributed by atoms with Gasteiger partial charge < -0.3 is 14.9 Å². The molecule has 2 heterocycles. The largest absolute Gasteiger partial charge is 0.358 e. The Balaban J connectivity index is 1.50. The van der Waals surface area contributed by atoms with E-state index in [1.54, 1.807) is 0 Å². The minimum atomic E-state index is 0.758. The number of aryl methyl sites for hydroxylation is 3. The third kappa shape index (κ3) is 2.49. The van der Waals surface area contributed by atoms with E-state index in [0.29, 0.717) is 0 Å². The molecule has 0 unspecified atom stereocenters. The Morgan fingerprint density at radius 2 is 1.92 bits per heavy atom. The zero-order valence-corrected chi connectivity index (χ0v) is 14.4. The van der Waals surface area contributed by atoms with Crippen molar-refractivity contribution in [2.45, 2.75) is 26.9 Å². The van der Waals surface area contributed by atoms with Crippen LogP contribution in [0.15, 0.2) is 42.5 Å². The number of benzene rings is 2. The van der Waals surface area contributed by atoms with Gasteiger partial charge in [-0.25, -0.2) is 4.98 Å². The summed E-state index contributed by atoms with van der Waals surface area (Å²) in [5.41, 5.74) is 7.32. The highest BCUT2D eigenvalue weighted by Crippen LogP contribution is 2.22. The first-order valence-corrected chi connectivity index (χ1v) is 8.32. The number of aromatic amines is 1. The van der Waals surface area contributed by atoms with Gasteiger partial charge in [-0.2, -0.15) is 0 Å². The zero-order chi connectivity index (χ0) is 16.7. The van der Waals surface area contributed by atoms with Crippen LogP contribution in [0, 0.1) is 13.8 Å². The SMILES string of the molecule is Cc1[nH]c2ccc(CNCc3nc4ccccc4n3C)cc2c1C. The topological polar surface area (TPSA) is 45.6 Å². The van der Waals surface area contributed by atoms with Crippen LogP contribution < -0.4 is 5.32 Å². The summed E-state index contributed by atoms with van der Waals surface area (Å²) >= 11 is 0. The molecule has 2 N–H and O–H groups in total. The van der Waals surface area contributed by atoms with Gasteiger partial charge in [0.2, 0.25) is 0 Å². The van der Waals surface area contributed by atoms with E-state index < -0.39 is 0 Å². The summed E-state index contributed by atoms with van der Waals surface area (Å²) in [6, 6.07) is 14.9. The summed E-state index contributed by atoms with van der Waals surface area (Å²) in [4.78, 5) is 8.13. The van der Waals surface area contributed by atoms with Gasteiger partial charge in [0.05, 0.1) is 17.6 Å². The van der Waals surface area contributed by atoms with Crippen molar-refractivity contribution in [3.8, 4) is 0 Å². The van der Waals surface area contributed by atoms with E-state index in [-0.39, 0.29) is 0 Å². The van der Waals surface area contributed by atoms with E-state index in [2.05, 4.69) is 72.2 Å². The quantitative estimate of drug-likeness (QED) is 0.598. The number of aromatic nitrogens is 3. The van der Waals surface area contributed by atoms with E-state index in [1.807, 2.05) is 6.07 Å². The maximum atomic E-state index is 4.71. The molecule has 24 heavy (non-hydrogen) atoms. The Hall–Kier alpha value is -2.59. The van der Waals surface area contributed by atoms with Crippen molar-refractivity contribution in [3.63, 3.8) is 0 Å². The van der Waals surface area contributed by atoms with Crippen LogP contribution in [0.1, 0.15) is 22.6 Å². The van der Waals surface area contributed by atoms with Crippen LogP contribution >= 0.6 is 0 Å². The highest BCUT2D eigenvalue weighted by atomic mass is 15.1. The van der Waals surface area contributed by atoms with E-state index in [4.69, 9.17) is 4.98 Å². The molecule has 0 aliphatic heterocycles. The molecule has 0 saturated carbocycles. The highest BCUT2D eigenvalue weighted by molar-refractivity contribution is 5.85. The van der Waals surface area contributed by atoms with Crippen LogP contribution in [0.3, 0.4) is 0 Å². The molecule has 0 atom stereocenters. The number of H-pyrrole nitrogens is 1. The fourth-order valence-corrected chi connectivity index (χ4v) is 3.29. The Bertz CT molecular complexity index is 1020. The molecule has 2 aromatic heterocycles. The molecule has 4 aromatic rings. The van der Waals surface area contributed by atoms with Gasteiger partial charge in [0, 0.05) is 30.2 Å². The Morgan fingerprint density at radius 1 is 1.08 bits per heavy atom. The molecule has 0 spiro atoms. The number of imidazole rings is 1. The molecule has 0 aliphatic carbocycles. The standard InChI is InChI=1S/C20H22N4/c1-13-14(2)22-17-9-8-15(10-16(13)17)11-21-12-20-23-18-6-4-5-7-19(18)24(20)3/h4-10,21-22H,11-12H2,1-3H3. The van der Waals surface area contributed by atoms with Crippen molar-refractivity contribution >= 4 is 21.9 Å². The normalized spacial score (nSPS) is 11.6. The Morgan fingerprint density at radius 3 is 2.75 bits per heavy atom. The van der Waals surface area contributed by atoms with E-state index >= 15 is 0 Å². The molecule has 0 bridgehead atoms. The van der Waals surface area contributed by atoms with Crippen LogP contribution in [0.4, 0.5) is 0 Å². The van der Waals surface area contributed by atoms with Gasteiger partial charge in [0.1, 0.15) is 5.82 Å². The van der Waals surface area contributed by atoms with E-state index in [1.165, 1.54) is 33.2 Å². The lowest BCUT2D eigenvalue weighted by molar-refractivity contribution is 0.644. The van der Waals surface area contributed by atoms with Crippen molar-refractivity contribution in [1.29, 1.82) is 0 Å². The van der Waals surface area contributed by atoms with Crippen LogP contribution in [-0.2, 0) is 20.1 Å². The summed E-state index contributed by atoms with van der Waals surface area (Å²) in [5, 5.41) is 4.83. The molecule has 0 aliphatic rings. The van der Waals surface area contributed by atoms with Crippen molar-refractivity contribution in [2.24, 2.45) is 7.05 Å². The smallest absolute Gasteiger partial charge is 0.123 e. The number of fused-ring (bicyclic) bond motifs is 2. The lowest BCUT2D eigenvalue weighted by atomic mass is 10.1. The summed E-state index contributed by atoms with van der Waals surface area (Å²) < 4.78 is 2.16. The van der Waals surface area contributed by atoms with Gasteiger partial charge in [0.25, 0.3) is 0 Å². The van der Waals surface area contributed by atoms with Crippen LogP contribution in [0.5, 0.6) is 0 Å². The lowest BCUT2D eigenvalue weighted by Gasteiger charge is -2.06. The minimum Gasteiger partial charge on any atom is -0.358 e. The second kappa shape index (κ2) is 5.80. The molecular formula is C20H22N4. The lowest BCUT2D eigenvalue weighted by Crippen LogP contribution is -2.15. The van der Waals surface area contributed by atoms with Gasteiger partial charge in [-0.1, -0.05) is 18.2 Å². The monoisotopic (exact) mass is 318 g/mol. The molecule has 0 radical (unpaired) electrons. The molecule has 4 nitrogen and oxygen atoms in total. The number of nitrogens with one attached hydrogen (secondary N) is 2. The molecule has 4 rings (SSSR count). The maximum Gasteiger partial charge on any atom is 0.123 e. The first-order chi connectivity index (χ1) is 11.6. The first kappa shape index (κ1) is 15.0. The summed E-state index contributed by atoms with van der Waals surface area (Å²) in [6.07, 6.45) is 0. The number of para-hydroxylation sites is 2. The molecular weight excluding hydrogens is 296 g/mol. The van der Waals surface area contributed by atoms with Gasteiger partial charge in [0.15, 0.2) is 0 Å². The summed E-state index contributed by atoms with van der Waals surface area (Å²) in [7, 11) is 2.07. The van der Waals surface area contributed by atoms with Gasteiger partial charge in [-0.15, -0.1) is 0 Å². The third-order valence-corrected chi connectivity index (χ3v) is 4.86. The van der Waals surface area contributed by atoms with Crippen molar-refractivity contribution in [3.05, 3.63) is 65.1 Å². The molecule has 0 amide bonds. The van der Waals surface area contributed by atoms with Crippen molar-refractivity contribution in [1.82, 2.24) is 19.9 Å². The molecule has 122 valence electrons. The number of nitrogens with zero attached hydrogens (tertiary/aromatic N) is 2. The average molecular weight is 318 g/mol. The van der Waals surface area contributed by atoms with E-state index in [9.17, 15) is 0 Å². The number of hydrogen-bond acceptors (Lipinski definition) is 2. The summed E-state index contributed by atoms with van der Waals surface area (Å²) in [5.74, 6) is 1.06. The van der Waals surface area contributed by atoms with Crippen LogP contribution in [-0.4, -0.2) is 14.5 Å². The third-order valence-electron chi connectivity index (χ3n) is 4.86. The molecule has 0 saturated heterocycles. The van der Waals surface area contributed by atoms with Gasteiger partial charge >= 0.3 is 0 Å². The van der Waals surface area contributed by atoms with Crippen LogP contribution in [0.25, 0.3) is 21.9 Å². The molecule has 4 heteroatoms. The van der Waals surface area contributed by atoms with Crippen molar-refractivity contribution < 1.29 is 0 Å². The number of rotatable bonds is 4. The van der Waals surface area contributed by atoms with Gasteiger partial charge in [-0.3, -0.25) is 0 Å². The summed E-state index contributed by atoms with van der Waals surface area (Å²) in [6.45, 7) is 5.89. The average Bonchev–Trinajstić information content (AvgIpc) is 3.06. The zero-order valence-electron chi connectivity index (χ0n) is 14.4. The number of hydrogen-bond donors (Lipinski definition) is 2. The Kier molecular flexibility index (Phi) is 3.62. The Labute approximate surface area is 141 Å². The minimum absolute atomic E-state index is 0.758. The maximum absolute atomic E-state index is 4.71. The molecule has 2 aromatic carbocycles.